The van der Waals surface area contributed by atoms with Crippen LogP contribution >= 0.6 is 0 Å². The van der Waals surface area contributed by atoms with Crippen molar-refractivity contribution in [2.24, 2.45) is 10.2 Å². The number of aryl methyl sites for hydroxylation is 1. The van der Waals surface area contributed by atoms with Crippen molar-refractivity contribution < 1.29 is 0 Å². The summed E-state index contributed by atoms with van der Waals surface area (Å²) in [6.07, 6.45) is 6.97. The van der Waals surface area contributed by atoms with E-state index >= 15 is 0 Å². The number of hydrogen-bond acceptors (Lipinski definition) is 3. The number of nitroso groups, excluding NO2 is 1. The Hall–Kier alpha value is -1.77. The molecule has 1 unspecified atom stereocenters. The van der Waals surface area contributed by atoms with Crippen molar-refractivity contribution in [1.29, 1.82) is 0 Å². The Kier molecular flexibility index (Phi) is 4.03. The molecule has 0 bridgehead atoms. The van der Waals surface area contributed by atoms with Crippen LogP contribution in [0, 0.1) is 4.91 Å². The molecule has 0 radical (unpaired) electrons. The van der Waals surface area contributed by atoms with Crippen LogP contribution in [-0.2, 0) is 6.42 Å². The molecule has 0 saturated carbocycles. The molecule has 18 heavy (non-hydrogen) atoms. The zero-order chi connectivity index (χ0) is 13.0. The van der Waals surface area contributed by atoms with E-state index in [0.717, 1.165) is 19.3 Å². The lowest BCUT2D eigenvalue weighted by atomic mass is 9.94. The smallest absolute Gasteiger partial charge is 0.108 e. The van der Waals surface area contributed by atoms with Crippen molar-refractivity contribution in [3.63, 3.8) is 0 Å². The van der Waals surface area contributed by atoms with E-state index in [-0.39, 0.29) is 0 Å². The summed E-state index contributed by atoms with van der Waals surface area (Å²) >= 11 is 0. The predicted molar refractivity (Wildman–Crippen MR) is 75.5 cm³/mol. The minimum atomic E-state index is 0.505. The van der Waals surface area contributed by atoms with E-state index in [2.05, 4.69) is 17.1 Å². The third kappa shape index (κ3) is 2.73. The van der Waals surface area contributed by atoms with Gasteiger partial charge in [0.1, 0.15) is 5.69 Å². The molecule has 1 aliphatic carbocycles. The Morgan fingerprint density at radius 1 is 1.50 bits per heavy atom. The lowest BCUT2D eigenvalue weighted by Gasteiger charge is -2.11. The van der Waals surface area contributed by atoms with Crippen LogP contribution in [0.5, 0.6) is 0 Å². The van der Waals surface area contributed by atoms with E-state index in [9.17, 15) is 4.91 Å². The average molecular weight is 242 g/mol. The molecule has 1 aromatic rings. The highest BCUT2D eigenvalue weighted by Gasteiger charge is 2.22. The molecule has 1 atom stereocenters. The number of nitrogens with zero attached hydrogens (tertiary/aromatic N) is 2. The van der Waals surface area contributed by atoms with Crippen molar-refractivity contribution in [1.82, 2.24) is 0 Å². The molecular weight excluding hydrogens is 224 g/mol. The van der Waals surface area contributed by atoms with Crippen molar-refractivity contribution in [2.75, 3.05) is 0 Å². The number of rotatable bonds is 4. The third-order valence-electron chi connectivity index (χ3n) is 3.45. The molecule has 1 aromatic carbocycles. The molecule has 2 rings (SSSR count). The SMILES string of the molecule is CC=N/C=C(\C)CC1CCc2ccc(N=O)cc21. The molecule has 3 nitrogen and oxygen atoms in total. The average Bonchev–Trinajstić information content (AvgIpc) is 2.78. The highest BCUT2D eigenvalue weighted by atomic mass is 16.3. The molecule has 0 spiro atoms. The summed E-state index contributed by atoms with van der Waals surface area (Å²) in [5, 5.41) is 3.02. The van der Waals surface area contributed by atoms with E-state index in [0.29, 0.717) is 11.6 Å². The lowest BCUT2D eigenvalue weighted by Crippen LogP contribution is -1.94. The Morgan fingerprint density at radius 2 is 2.33 bits per heavy atom. The number of hydrogen-bond donors (Lipinski definition) is 0. The lowest BCUT2D eigenvalue weighted by molar-refractivity contribution is 0.669. The summed E-state index contributed by atoms with van der Waals surface area (Å²) in [5.41, 5.74) is 4.46. The van der Waals surface area contributed by atoms with Crippen LogP contribution < -0.4 is 0 Å². The summed E-state index contributed by atoms with van der Waals surface area (Å²) in [6.45, 7) is 4.02. The van der Waals surface area contributed by atoms with Crippen LogP contribution in [0.25, 0.3) is 0 Å². The Morgan fingerprint density at radius 3 is 3.06 bits per heavy atom. The van der Waals surface area contributed by atoms with Gasteiger partial charge in [0.05, 0.1) is 0 Å². The monoisotopic (exact) mass is 242 g/mol. The minimum Gasteiger partial charge on any atom is -0.269 e. The predicted octanol–water partition coefficient (Wildman–Crippen LogP) is 4.50. The van der Waals surface area contributed by atoms with Crippen LogP contribution in [0.3, 0.4) is 0 Å². The van der Waals surface area contributed by atoms with Crippen molar-refractivity contribution in [2.45, 2.75) is 39.0 Å². The molecular formula is C15H18N2O. The first-order valence-corrected chi connectivity index (χ1v) is 6.34. The van der Waals surface area contributed by atoms with Gasteiger partial charge in [-0.25, -0.2) is 0 Å². The van der Waals surface area contributed by atoms with Crippen molar-refractivity contribution in [3.8, 4) is 0 Å². The Balaban J connectivity index is 2.18. The summed E-state index contributed by atoms with van der Waals surface area (Å²) in [5.74, 6) is 0.505. The number of fused-ring (bicyclic) bond motifs is 1. The van der Waals surface area contributed by atoms with E-state index in [1.54, 1.807) is 12.3 Å². The van der Waals surface area contributed by atoms with Gasteiger partial charge in [-0.1, -0.05) is 11.6 Å². The second kappa shape index (κ2) is 5.71. The molecule has 0 saturated heterocycles. The second-order valence-corrected chi connectivity index (χ2v) is 4.80. The normalized spacial score (nSPS) is 19.2. The molecule has 0 N–H and O–H groups in total. The summed E-state index contributed by atoms with van der Waals surface area (Å²) < 4.78 is 0. The maximum atomic E-state index is 10.6. The second-order valence-electron chi connectivity index (χ2n) is 4.80. The zero-order valence-corrected chi connectivity index (χ0v) is 10.9. The first kappa shape index (κ1) is 12.7. The summed E-state index contributed by atoms with van der Waals surface area (Å²) in [6, 6.07) is 5.78. The fraction of sp³-hybridized carbons (Fsp3) is 0.400. The first-order chi connectivity index (χ1) is 8.74. The quantitative estimate of drug-likeness (QED) is 0.566. The maximum absolute atomic E-state index is 10.6. The summed E-state index contributed by atoms with van der Waals surface area (Å²) in [4.78, 5) is 14.7. The third-order valence-corrected chi connectivity index (χ3v) is 3.45. The number of aliphatic imine (C=N–C) groups is 1. The van der Waals surface area contributed by atoms with Crippen LogP contribution in [-0.4, -0.2) is 6.21 Å². The Bertz CT molecular complexity index is 503. The van der Waals surface area contributed by atoms with Crippen molar-refractivity contribution >= 4 is 11.9 Å². The van der Waals surface area contributed by atoms with Gasteiger partial charge >= 0.3 is 0 Å². The number of allylic oxidation sites excluding steroid dienone is 1. The van der Waals surface area contributed by atoms with Crippen LogP contribution in [0.1, 0.15) is 43.7 Å². The molecule has 3 heteroatoms. The van der Waals surface area contributed by atoms with Gasteiger partial charge in [0.25, 0.3) is 0 Å². The molecule has 0 aromatic heterocycles. The van der Waals surface area contributed by atoms with E-state index in [1.165, 1.54) is 16.7 Å². The van der Waals surface area contributed by atoms with Gasteiger partial charge in [-0.15, -0.1) is 4.91 Å². The highest BCUT2D eigenvalue weighted by molar-refractivity contribution is 5.54. The fourth-order valence-corrected chi connectivity index (χ4v) is 2.59. The van der Waals surface area contributed by atoms with Gasteiger partial charge in [-0.2, -0.15) is 0 Å². The van der Waals surface area contributed by atoms with Gasteiger partial charge in [0.2, 0.25) is 0 Å². The van der Waals surface area contributed by atoms with E-state index in [4.69, 9.17) is 0 Å². The molecule has 0 amide bonds. The summed E-state index contributed by atoms with van der Waals surface area (Å²) in [7, 11) is 0. The fourth-order valence-electron chi connectivity index (χ4n) is 2.59. The largest absolute Gasteiger partial charge is 0.269 e. The molecule has 1 aliphatic rings. The van der Waals surface area contributed by atoms with Crippen LogP contribution in [0.2, 0.25) is 0 Å². The zero-order valence-electron chi connectivity index (χ0n) is 10.9. The Labute approximate surface area is 108 Å². The number of benzene rings is 1. The van der Waals surface area contributed by atoms with Crippen molar-refractivity contribution in [3.05, 3.63) is 46.0 Å². The van der Waals surface area contributed by atoms with Crippen LogP contribution in [0.4, 0.5) is 5.69 Å². The first-order valence-electron chi connectivity index (χ1n) is 6.34. The van der Waals surface area contributed by atoms with Gasteiger partial charge in [0.15, 0.2) is 0 Å². The van der Waals surface area contributed by atoms with Gasteiger partial charge in [-0.05, 0) is 67.5 Å². The van der Waals surface area contributed by atoms with Crippen LogP contribution in [0.15, 0.2) is 40.1 Å². The topological polar surface area (TPSA) is 41.8 Å². The molecule has 0 aliphatic heterocycles. The van der Waals surface area contributed by atoms with Gasteiger partial charge in [-0.3, -0.25) is 4.99 Å². The van der Waals surface area contributed by atoms with Gasteiger partial charge < -0.3 is 0 Å². The highest BCUT2D eigenvalue weighted by Crippen LogP contribution is 2.39. The maximum Gasteiger partial charge on any atom is 0.108 e. The van der Waals surface area contributed by atoms with E-state index < -0.39 is 0 Å². The molecule has 0 heterocycles. The molecule has 94 valence electrons. The van der Waals surface area contributed by atoms with E-state index in [1.807, 2.05) is 25.3 Å². The minimum absolute atomic E-state index is 0.505. The standard InChI is InChI=1S/C15H18N2O/c1-3-16-10-11(2)8-13-5-4-12-6-7-14(17-18)9-15(12)13/h3,6-7,9-10,13H,4-5,8H2,1-2H3/b11-10+,16-3?. The van der Waals surface area contributed by atoms with Gasteiger partial charge in [0, 0.05) is 12.4 Å². The molecule has 0 fully saturated rings.